The molecule has 1 atom stereocenters. The van der Waals surface area contributed by atoms with Gasteiger partial charge in [0, 0.05) is 12.8 Å². The molecule has 0 saturated carbocycles. The Bertz CT molecular complexity index is 1710. The van der Waals surface area contributed by atoms with Crippen LogP contribution in [0.5, 0.6) is 11.5 Å². The number of hydrogen-bond acceptors (Lipinski definition) is 6. The van der Waals surface area contributed by atoms with Crippen LogP contribution in [0.3, 0.4) is 0 Å². The summed E-state index contributed by atoms with van der Waals surface area (Å²) in [6, 6.07) is 14.9. The van der Waals surface area contributed by atoms with Crippen LogP contribution in [0.25, 0.3) is 16.6 Å². The Hall–Kier alpha value is -4.53. The van der Waals surface area contributed by atoms with Crippen LogP contribution in [0.4, 0.5) is 10.1 Å². The molecule has 1 unspecified atom stereocenters. The number of halogens is 1. The van der Waals surface area contributed by atoms with E-state index in [9.17, 15) is 14.0 Å². The van der Waals surface area contributed by atoms with Crippen molar-refractivity contribution in [3.63, 3.8) is 0 Å². The number of carbonyl (C=O) groups excluding carboxylic acids is 1. The van der Waals surface area contributed by atoms with Gasteiger partial charge >= 0.3 is 0 Å². The predicted octanol–water partition coefficient (Wildman–Crippen LogP) is 5.56. The summed E-state index contributed by atoms with van der Waals surface area (Å²) in [6.07, 6.45) is 6.22. The first-order chi connectivity index (χ1) is 19.9. The number of benzene rings is 3. The first kappa shape index (κ1) is 26.7. The van der Waals surface area contributed by atoms with Gasteiger partial charge in [-0.25, -0.2) is 9.37 Å². The zero-order valence-electron chi connectivity index (χ0n) is 23.1. The van der Waals surface area contributed by atoms with Crippen LogP contribution in [-0.4, -0.2) is 52.9 Å². The number of nitrogens with zero attached hydrogens (tertiary/aromatic N) is 4. The minimum atomic E-state index is -0.367. The Kier molecular flexibility index (Phi) is 7.26. The van der Waals surface area contributed by atoms with Gasteiger partial charge in [-0.15, -0.1) is 0 Å². The van der Waals surface area contributed by atoms with E-state index in [-0.39, 0.29) is 23.3 Å². The summed E-state index contributed by atoms with van der Waals surface area (Å²) >= 11 is 0. The van der Waals surface area contributed by atoms with Gasteiger partial charge in [-0.3, -0.25) is 19.1 Å². The van der Waals surface area contributed by atoms with Crippen molar-refractivity contribution < 1.29 is 18.7 Å². The number of methoxy groups -OCH3 is 1. The molecule has 8 nitrogen and oxygen atoms in total. The number of aliphatic imine (C=N–C) groups is 1. The molecule has 4 aromatic rings. The van der Waals surface area contributed by atoms with Crippen molar-refractivity contribution in [3.05, 3.63) is 87.7 Å². The Balaban J connectivity index is 1.12. The summed E-state index contributed by atoms with van der Waals surface area (Å²) in [6.45, 7) is 2.98. The lowest BCUT2D eigenvalue weighted by Gasteiger charge is -2.20. The quantitative estimate of drug-likeness (QED) is 0.266. The van der Waals surface area contributed by atoms with Crippen LogP contribution in [0.15, 0.2) is 64.4 Å². The van der Waals surface area contributed by atoms with Crippen molar-refractivity contribution >= 4 is 28.7 Å². The second kappa shape index (κ2) is 11.2. The number of ether oxygens (including phenoxy) is 2. The van der Waals surface area contributed by atoms with Crippen LogP contribution in [-0.2, 0) is 6.42 Å². The van der Waals surface area contributed by atoms with Crippen molar-refractivity contribution in [2.24, 2.45) is 4.99 Å². The van der Waals surface area contributed by atoms with Gasteiger partial charge in [0.05, 0.1) is 47.6 Å². The lowest BCUT2D eigenvalue weighted by molar-refractivity contribution is 0.0774. The smallest absolute Gasteiger partial charge is 0.266 e. The highest BCUT2D eigenvalue weighted by Gasteiger charge is 2.32. The first-order valence-corrected chi connectivity index (χ1v) is 13.9. The van der Waals surface area contributed by atoms with Crippen molar-refractivity contribution in [2.45, 2.75) is 45.1 Å². The molecule has 0 radical (unpaired) electrons. The van der Waals surface area contributed by atoms with Crippen LogP contribution in [0.2, 0.25) is 0 Å². The molecule has 9 heteroatoms. The Labute approximate surface area is 237 Å². The topological polar surface area (TPSA) is 86.0 Å². The van der Waals surface area contributed by atoms with Crippen molar-refractivity contribution in [2.75, 3.05) is 20.3 Å². The monoisotopic (exact) mass is 554 g/mol. The van der Waals surface area contributed by atoms with E-state index in [0.717, 1.165) is 44.2 Å². The number of aromatic nitrogens is 2. The fourth-order valence-corrected chi connectivity index (χ4v) is 5.66. The Morgan fingerprint density at radius 3 is 2.68 bits per heavy atom. The molecule has 0 spiro atoms. The molecule has 1 saturated heterocycles. The molecule has 0 bridgehead atoms. The van der Waals surface area contributed by atoms with E-state index < -0.39 is 0 Å². The van der Waals surface area contributed by atoms with Gasteiger partial charge in [0.1, 0.15) is 23.1 Å². The maximum Gasteiger partial charge on any atom is 0.266 e. The molecular weight excluding hydrogens is 523 g/mol. The summed E-state index contributed by atoms with van der Waals surface area (Å²) in [7, 11) is 1.62. The van der Waals surface area contributed by atoms with E-state index in [1.165, 1.54) is 16.7 Å². The van der Waals surface area contributed by atoms with E-state index >= 15 is 0 Å². The standard InChI is InChI=1S/C32H31FN4O4/c1-20-35-28-13-12-25(17-26(28)32(39)37(20)23-10-8-22(33)9-11-23)41-15-4-3-6-21-16-29-27(18-30(21)40-2)31(38)36-14-5-7-24(36)19-34-29/h8-13,16-19,24H,3-7,14-15H2,1-2H3. The van der Waals surface area contributed by atoms with E-state index in [1.807, 2.05) is 29.3 Å². The minimum Gasteiger partial charge on any atom is -0.496 e. The number of carbonyl (C=O) groups is 1. The van der Waals surface area contributed by atoms with Crippen molar-refractivity contribution in [1.82, 2.24) is 14.5 Å². The molecule has 0 aliphatic carbocycles. The van der Waals surface area contributed by atoms with E-state index in [2.05, 4.69) is 9.98 Å². The van der Waals surface area contributed by atoms with Crippen LogP contribution in [0, 0.1) is 12.7 Å². The number of unbranched alkanes of at least 4 members (excludes halogenated alkanes) is 1. The van der Waals surface area contributed by atoms with Crippen LogP contribution in [0.1, 0.15) is 47.4 Å². The lowest BCUT2D eigenvalue weighted by Crippen LogP contribution is -2.35. The fourth-order valence-electron chi connectivity index (χ4n) is 5.66. The Morgan fingerprint density at radius 2 is 1.88 bits per heavy atom. The number of fused-ring (bicyclic) bond motifs is 3. The maximum atomic E-state index is 13.4. The minimum absolute atomic E-state index is 0.0171. The van der Waals surface area contributed by atoms with Crippen LogP contribution >= 0.6 is 0 Å². The van der Waals surface area contributed by atoms with Crippen molar-refractivity contribution in [3.8, 4) is 17.2 Å². The molecule has 210 valence electrons. The van der Waals surface area contributed by atoms with E-state index in [4.69, 9.17) is 9.47 Å². The third kappa shape index (κ3) is 5.19. The van der Waals surface area contributed by atoms with Crippen molar-refractivity contribution in [1.29, 1.82) is 0 Å². The third-order valence-electron chi connectivity index (χ3n) is 7.78. The number of amides is 1. The molecule has 41 heavy (non-hydrogen) atoms. The zero-order valence-corrected chi connectivity index (χ0v) is 23.1. The summed E-state index contributed by atoms with van der Waals surface area (Å²) in [5, 5.41) is 0.433. The summed E-state index contributed by atoms with van der Waals surface area (Å²) in [5.74, 6) is 1.45. The molecule has 1 amide bonds. The third-order valence-corrected chi connectivity index (χ3v) is 7.78. The highest BCUT2D eigenvalue weighted by molar-refractivity contribution is 6.03. The predicted molar refractivity (Wildman–Crippen MR) is 156 cm³/mol. The van der Waals surface area contributed by atoms with E-state index in [0.29, 0.717) is 51.8 Å². The number of aryl methyl sites for hydroxylation is 2. The van der Waals surface area contributed by atoms with Gasteiger partial charge < -0.3 is 14.4 Å². The van der Waals surface area contributed by atoms with Gasteiger partial charge in [-0.2, -0.15) is 0 Å². The summed E-state index contributed by atoms with van der Waals surface area (Å²) < 4.78 is 26.5. The molecule has 0 N–H and O–H groups in total. The van der Waals surface area contributed by atoms with Gasteiger partial charge in [0.15, 0.2) is 0 Å². The second-order valence-corrected chi connectivity index (χ2v) is 10.4. The van der Waals surface area contributed by atoms with Gasteiger partial charge in [0.2, 0.25) is 0 Å². The average Bonchev–Trinajstić information content (AvgIpc) is 3.41. The Morgan fingerprint density at radius 1 is 1.05 bits per heavy atom. The summed E-state index contributed by atoms with van der Waals surface area (Å²) in [5.41, 5.74) is 3.19. The normalized spacial score (nSPS) is 16.0. The molecule has 3 aromatic carbocycles. The summed E-state index contributed by atoms with van der Waals surface area (Å²) in [4.78, 5) is 37.5. The zero-order chi connectivity index (χ0) is 28.5. The van der Waals surface area contributed by atoms with Gasteiger partial charge in [-0.05, 0) is 99.2 Å². The second-order valence-electron chi connectivity index (χ2n) is 10.4. The SMILES string of the molecule is COc1cc2c(cc1CCCCOc1ccc3nc(C)n(-c4ccc(F)cc4)c(=O)c3c1)N=CC1CCCN1C2=O. The molecule has 1 aromatic heterocycles. The number of rotatable bonds is 8. The van der Waals surface area contributed by atoms with Gasteiger partial charge in [-0.1, -0.05) is 0 Å². The highest BCUT2D eigenvalue weighted by Crippen LogP contribution is 2.34. The largest absolute Gasteiger partial charge is 0.496 e. The first-order valence-electron chi connectivity index (χ1n) is 13.9. The van der Waals surface area contributed by atoms with E-state index in [1.54, 1.807) is 38.3 Å². The van der Waals surface area contributed by atoms with Crippen LogP contribution < -0.4 is 15.0 Å². The maximum absolute atomic E-state index is 13.4. The lowest BCUT2D eigenvalue weighted by atomic mass is 10.0. The molecule has 1 fully saturated rings. The fraction of sp³-hybridized carbons (Fsp3) is 0.312. The molecule has 3 heterocycles. The highest BCUT2D eigenvalue weighted by atomic mass is 19.1. The van der Waals surface area contributed by atoms with Gasteiger partial charge in [0.25, 0.3) is 11.5 Å². The molecule has 2 aliphatic rings. The molecular formula is C32H31FN4O4. The molecule has 2 aliphatic heterocycles. The average molecular weight is 555 g/mol. The number of hydrogen-bond donors (Lipinski definition) is 0. The molecule has 6 rings (SSSR count).